The van der Waals surface area contributed by atoms with E-state index < -0.39 is 24.5 Å². The summed E-state index contributed by atoms with van der Waals surface area (Å²) in [5.41, 5.74) is 1.35. The van der Waals surface area contributed by atoms with Crippen molar-refractivity contribution in [1.82, 2.24) is 0 Å². The molecule has 1 saturated heterocycles. The third-order valence-electron chi connectivity index (χ3n) is 4.50. The van der Waals surface area contributed by atoms with E-state index in [1.807, 2.05) is 0 Å². The maximum absolute atomic E-state index is 12.3. The van der Waals surface area contributed by atoms with Gasteiger partial charge in [0.05, 0.1) is 23.4 Å². The molecule has 8 heteroatoms. The lowest BCUT2D eigenvalue weighted by Gasteiger charge is -2.16. The number of ether oxygens (including phenoxy) is 2. The van der Waals surface area contributed by atoms with Crippen molar-refractivity contribution in [2.24, 2.45) is 0 Å². The molecule has 1 heterocycles. The van der Waals surface area contributed by atoms with Crippen molar-refractivity contribution >= 4 is 35.1 Å². The number of esters is 2. The molecular weight excluding hydrogens is 388 g/mol. The van der Waals surface area contributed by atoms with Crippen molar-refractivity contribution < 1.29 is 28.7 Å². The van der Waals surface area contributed by atoms with E-state index in [1.54, 1.807) is 54.3 Å². The number of carbonyl (C=O) groups is 4. The Labute approximate surface area is 173 Å². The van der Waals surface area contributed by atoms with E-state index in [9.17, 15) is 19.2 Å². The van der Waals surface area contributed by atoms with E-state index >= 15 is 0 Å². The summed E-state index contributed by atoms with van der Waals surface area (Å²) < 4.78 is 10.0. The van der Waals surface area contributed by atoms with Gasteiger partial charge in [-0.1, -0.05) is 18.2 Å². The molecule has 2 amide bonds. The molecule has 3 rings (SSSR count). The lowest BCUT2D eigenvalue weighted by Crippen LogP contribution is -2.24. The normalized spacial score (nSPS) is 13.1. The minimum atomic E-state index is -0.683. The van der Waals surface area contributed by atoms with Gasteiger partial charge in [-0.3, -0.25) is 9.59 Å². The zero-order valence-corrected chi connectivity index (χ0v) is 16.6. The Bertz CT molecular complexity index is 972. The van der Waals surface area contributed by atoms with Crippen LogP contribution in [0.4, 0.5) is 11.4 Å². The molecule has 0 atom stereocenters. The predicted molar refractivity (Wildman–Crippen MR) is 109 cm³/mol. The van der Waals surface area contributed by atoms with Gasteiger partial charge in [0.25, 0.3) is 5.91 Å². The fourth-order valence-electron chi connectivity index (χ4n) is 3.10. The second kappa shape index (κ2) is 9.69. The largest absolute Gasteiger partial charge is 0.462 e. The molecule has 1 aliphatic rings. The molecule has 1 fully saturated rings. The molecule has 1 aliphatic heterocycles. The number of amides is 2. The van der Waals surface area contributed by atoms with Gasteiger partial charge >= 0.3 is 11.9 Å². The standard InChI is InChI=1S/C22H22N2O6/c1-2-29-22(28)17-9-3-4-10-18(17)23-19(25)14-30-21(27)15-7-5-8-16(13-15)24-12-6-11-20(24)26/h3-5,7-10,13H,2,6,11-12,14H2,1H3,(H,23,25). The Balaban J connectivity index is 1.60. The van der Waals surface area contributed by atoms with Crippen molar-refractivity contribution in [3.63, 3.8) is 0 Å². The summed E-state index contributed by atoms with van der Waals surface area (Å²) in [5.74, 6) is -1.82. The fraction of sp³-hybridized carbons (Fsp3) is 0.273. The van der Waals surface area contributed by atoms with Gasteiger partial charge in [0.2, 0.25) is 5.91 Å². The number of anilines is 2. The van der Waals surface area contributed by atoms with Crippen LogP contribution >= 0.6 is 0 Å². The quantitative estimate of drug-likeness (QED) is 0.705. The Morgan fingerprint density at radius 2 is 1.83 bits per heavy atom. The second-order valence-electron chi connectivity index (χ2n) is 6.59. The Morgan fingerprint density at radius 1 is 1.03 bits per heavy atom. The van der Waals surface area contributed by atoms with E-state index in [-0.39, 0.29) is 29.3 Å². The van der Waals surface area contributed by atoms with E-state index in [4.69, 9.17) is 9.47 Å². The third-order valence-corrected chi connectivity index (χ3v) is 4.50. The Morgan fingerprint density at radius 3 is 2.57 bits per heavy atom. The number of hydrogen-bond donors (Lipinski definition) is 1. The average Bonchev–Trinajstić information content (AvgIpc) is 3.18. The SMILES string of the molecule is CCOC(=O)c1ccccc1NC(=O)COC(=O)c1cccc(N2CCCC2=O)c1. The van der Waals surface area contributed by atoms with Crippen LogP contribution in [0.1, 0.15) is 40.5 Å². The predicted octanol–water partition coefficient (Wildman–Crippen LogP) is 2.79. The summed E-state index contributed by atoms with van der Waals surface area (Å²) in [6, 6.07) is 12.9. The summed E-state index contributed by atoms with van der Waals surface area (Å²) in [5, 5.41) is 2.55. The Kier molecular flexibility index (Phi) is 6.79. The molecule has 0 bridgehead atoms. The molecule has 2 aromatic carbocycles. The summed E-state index contributed by atoms with van der Waals surface area (Å²) in [7, 11) is 0. The zero-order valence-electron chi connectivity index (χ0n) is 16.6. The molecule has 8 nitrogen and oxygen atoms in total. The summed E-state index contributed by atoms with van der Waals surface area (Å²) >= 11 is 0. The number of nitrogens with zero attached hydrogens (tertiary/aromatic N) is 1. The second-order valence-corrected chi connectivity index (χ2v) is 6.59. The van der Waals surface area contributed by atoms with Gasteiger partial charge in [-0.25, -0.2) is 9.59 Å². The maximum Gasteiger partial charge on any atom is 0.340 e. The molecule has 0 aliphatic carbocycles. The highest BCUT2D eigenvalue weighted by Gasteiger charge is 2.22. The van der Waals surface area contributed by atoms with E-state index in [2.05, 4.69) is 5.32 Å². The first kappa shape index (κ1) is 21.0. The van der Waals surface area contributed by atoms with E-state index in [0.29, 0.717) is 18.7 Å². The monoisotopic (exact) mass is 410 g/mol. The van der Waals surface area contributed by atoms with Gasteiger partial charge in [-0.2, -0.15) is 0 Å². The minimum absolute atomic E-state index is 0.0140. The summed E-state index contributed by atoms with van der Waals surface area (Å²) in [4.78, 5) is 50.0. The van der Waals surface area contributed by atoms with Crippen LogP contribution in [-0.4, -0.2) is 43.5 Å². The number of benzene rings is 2. The first-order valence-electron chi connectivity index (χ1n) is 9.63. The van der Waals surface area contributed by atoms with E-state index in [0.717, 1.165) is 6.42 Å². The van der Waals surface area contributed by atoms with Crippen LogP contribution in [0.15, 0.2) is 48.5 Å². The Hall–Kier alpha value is -3.68. The van der Waals surface area contributed by atoms with Gasteiger partial charge in [0.1, 0.15) is 0 Å². The molecule has 0 spiro atoms. The van der Waals surface area contributed by atoms with Crippen molar-refractivity contribution in [2.75, 3.05) is 30.0 Å². The van der Waals surface area contributed by atoms with Crippen molar-refractivity contribution in [3.05, 3.63) is 59.7 Å². The van der Waals surface area contributed by atoms with Crippen molar-refractivity contribution in [2.45, 2.75) is 19.8 Å². The van der Waals surface area contributed by atoms with Crippen LogP contribution in [0.2, 0.25) is 0 Å². The van der Waals surface area contributed by atoms with Crippen LogP contribution in [0.25, 0.3) is 0 Å². The highest BCUT2D eigenvalue weighted by Crippen LogP contribution is 2.22. The molecule has 2 aromatic rings. The van der Waals surface area contributed by atoms with Crippen LogP contribution in [0.3, 0.4) is 0 Å². The van der Waals surface area contributed by atoms with Crippen LogP contribution in [-0.2, 0) is 19.1 Å². The first-order chi connectivity index (χ1) is 14.5. The van der Waals surface area contributed by atoms with Gasteiger partial charge in [0.15, 0.2) is 6.61 Å². The molecular formula is C22H22N2O6. The van der Waals surface area contributed by atoms with E-state index in [1.165, 1.54) is 6.07 Å². The lowest BCUT2D eigenvalue weighted by molar-refractivity contribution is -0.119. The zero-order chi connectivity index (χ0) is 21.5. The van der Waals surface area contributed by atoms with Gasteiger partial charge < -0.3 is 19.7 Å². The van der Waals surface area contributed by atoms with Gasteiger partial charge in [0, 0.05) is 18.7 Å². The van der Waals surface area contributed by atoms with Gasteiger partial charge in [-0.15, -0.1) is 0 Å². The number of nitrogens with one attached hydrogen (secondary N) is 1. The number of hydrogen-bond acceptors (Lipinski definition) is 6. The van der Waals surface area contributed by atoms with Crippen LogP contribution < -0.4 is 10.2 Å². The smallest absolute Gasteiger partial charge is 0.340 e. The highest BCUT2D eigenvalue weighted by atomic mass is 16.5. The van der Waals surface area contributed by atoms with Gasteiger partial charge in [-0.05, 0) is 43.7 Å². The number of para-hydroxylation sites is 1. The summed E-state index contributed by atoms with van der Waals surface area (Å²) in [6.45, 7) is 1.98. The molecule has 30 heavy (non-hydrogen) atoms. The number of rotatable bonds is 7. The molecule has 156 valence electrons. The fourth-order valence-corrected chi connectivity index (χ4v) is 3.10. The number of carbonyl (C=O) groups excluding carboxylic acids is 4. The molecule has 0 saturated carbocycles. The topological polar surface area (TPSA) is 102 Å². The molecule has 0 radical (unpaired) electrons. The molecule has 0 unspecified atom stereocenters. The molecule has 1 N–H and O–H groups in total. The molecule has 0 aromatic heterocycles. The summed E-state index contributed by atoms with van der Waals surface area (Å²) in [6.07, 6.45) is 1.27. The highest BCUT2D eigenvalue weighted by molar-refractivity contribution is 6.02. The maximum atomic E-state index is 12.3. The van der Waals surface area contributed by atoms with Crippen LogP contribution in [0, 0.1) is 0 Å². The average molecular weight is 410 g/mol. The lowest BCUT2D eigenvalue weighted by atomic mass is 10.2. The van der Waals surface area contributed by atoms with Crippen molar-refractivity contribution in [3.8, 4) is 0 Å². The minimum Gasteiger partial charge on any atom is -0.462 e. The van der Waals surface area contributed by atoms with Crippen LogP contribution in [0.5, 0.6) is 0 Å². The first-order valence-corrected chi connectivity index (χ1v) is 9.63. The van der Waals surface area contributed by atoms with Crippen molar-refractivity contribution in [1.29, 1.82) is 0 Å². The third kappa shape index (κ3) is 5.02.